The van der Waals surface area contributed by atoms with Gasteiger partial charge in [0.1, 0.15) is 6.10 Å². The number of aliphatic hydroxyl groups is 3. The molecule has 0 aromatic carbocycles. The monoisotopic (exact) mass is 463 g/mol. The number of nitrogens with zero attached hydrogens (tertiary/aromatic N) is 1. The number of ether oxygens (including phenoxy) is 2. The maximum atomic E-state index is 14.3. The molecule has 0 unspecified atom stereocenters. The van der Waals surface area contributed by atoms with Crippen LogP contribution in [0, 0.1) is 28.6 Å². The number of carbonyl (C=O) groups is 2. The Morgan fingerprint density at radius 2 is 1.88 bits per heavy atom. The summed E-state index contributed by atoms with van der Waals surface area (Å²) in [4.78, 5) is 28.8. The second-order valence-electron chi connectivity index (χ2n) is 10.9. The number of Topliss-reactive ketones (excluding diaryl/α,β-unsaturated/α-hetero) is 1. The van der Waals surface area contributed by atoms with E-state index in [0.717, 1.165) is 0 Å². The minimum atomic E-state index is -2.13. The van der Waals surface area contributed by atoms with Crippen LogP contribution in [-0.2, 0) is 14.3 Å². The molecule has 2 bridgehead atoms. The van der Waals surface area contributed by atoms with Gasteiger partial charge >= 0.3 is 6.09 Å². The summed E-state index contributed by atoms with van der Waals surface area (Å²) in [7, 11) is 0. The number of aliphatic hydroxyl groups excluding tert-OH is 2. The zero-order chi connectivity index (χ0) is 24.3. The van der Waals surface area contributed by atoms with Crippen LogP contribution in [0.2, 0.25) is 0 Å². The molecule has 8 nitrogen and oxygen atoms in total. The van der Waals surface area contributed by atoms with E-state index in [1.54, 1.807) is 19.1 Å². The third kappa shape index (κ3) is 3.25. The summed E-state index contributed by atoms with van der Waals surface area (Å²) in [5.74, 6) is -0.989. The lowest BCUT2D eigenvalue weighted by Crippen LogP contribution is -2.66. The molecule has 1 heterocycles. The van der Waals surface area contributed by atoms with Crippen LogP contribution in [0.3, 0.4) is 0 Å². The van der Waals surface area contributed by atoms with Gasteiger partial charge < -0.3 is 29.7 Å². The van der Waals surface area contributed by atoms with Gasteiger partial charge in [-0.15, -0.1) is 0 Å². The fraction of sp³-hybridized carbons (Fsp3) is 0.760. The van der Waals surface area contributed by atoms with Gasteiger partial charge in [-0.1, -0.05) is 39.8 Å². The quantitative estimate of drug-likeness (QED) is 0.534. The maximum absolute atomic E-state index is 14.3. The minimum Gasteiger partial charge on any atom is -0.438 e. The molecule has 1 amide bonds. The van der Waals surface area contributed by atoms with Gasteiger partial charge in [0.15, 0.2) is 17.5 Å². The number of hydrogen-bond donors (Lipinski definition) is 3. The van der Waals surface area contributed by atoms with E-state index < -0.39 is 47.3 Å². The van der Waals surface area contributed by atoms with E-state index in [4.69, 9.17) is 9.47 Å². The summed E-state index contributed by atoms with van der Waals surface area (Å²) in [5, 5.41) is 34.0. The molecule has 4 rings (SSSR count). The van der Waals surface area contributed by atoms with Crippen LogP contribution >= 0.6 is 0 Å². The van der Waals surface area contributed by atoms with Crippen molar-refractivity contribution in [3.63, 3.8) is 0 Å². The van der Waals surface area contributed by atoms with E-state index in [1.807, 2.05) is 20.8 Å². The number of carbonyl (C=O) groups excluding carboxylic acids is 2. The predicted octanol–water partition coefficient (Wildman–Crippen LogP) is 1.68. The molecule has 7 atom stereocenters. The molecule has 0 aromatic rings. The SMILES string of the molecule is CC1=C[C@]23C(=O)[C@@H](C=C(CO)[C@@H](O)[C@]2(O)[C@H]1OC(=O)N1CCOCC1)C(C)(C)[C@@H](C)C[C@H]3C. The van der Waals surface area contributed by atoms with Crippen molar-refractivity contribution in [2.45, 2.75) is 58.8 Å². The van der Waals surface area contributed by atoms with Crippen LogP contribution in [0.25, 0.3) is 0 Å². The first-order valence-corrected chi connectivity index (χ1v) is 11.9. The standard InChI is InChI=1S/C25H37NO7/c1-14-12-24-16(3)10-15(2)23(4,5)18(20(24)29)11-17(13-27)19(28)25(24,31)21(14)33-22(30)26-6-8-32-9-7-26/h11-12,15-16,18-19,21,27-28,31H,6-10,13H2,1-5H3/t15-,16+,18+,19+,21-,24-,25-/m0/s1. The summed E-state index contributed by atoms with van der Waals surface area (Å²) in [6.07, 6.45) is 0.616. The van der Waals surface area contributed by atoms with Crippen molar-refractivity contribution in [2.24, 2.45) is 28.6 Å². The molecule has 1 saturated heterocycles. The largest absolute Gasteiger partial charge is 0.438 e. The Morgan fingerprint density at radius 1 is 1.24 bits per heavy atom. The predicted molar refractivity (Wildman–Crippen MR) is 120 cm³/mol. The normalized spacial score (nSPS) is 42.6. The van der Waals surface area contributed by atoms with Gasteiger partial charge in [0, 0.05) is 19.0 Å². The molecule has 0 radical (unpaired) electrons. The van der Waals surface area contributed by atoms with Crippen molar-refractivity contribution in [3.8, 4) is 0 Å². The number of fused-ring (bicyclic) bond motifs is 1. The van der Waals surface area contributed by atoms with E-state index in [9.17, 15) is 24.9 Å². The topological polar surface area (TPSA) is 117 Å². The van der Waals surface area contributed by atoms with E-state index in [-0.39, 0.29) is 23.2 Å². The fourth-order valence-electron chi connectivity index (χ4n) is 6.58. The molecule has 8 heteroatoms. The summed E-state index contributed by atoms with van der Waals surface area (Å²) < 4.78 is 11.2. The van der Waals surface area contributed by atoms with Crippen molar-refractivity contribution >= 4 is 11.9 Å². The third-order valence-corrected chi connectivity index (χ3v) is 9.00. The van der Waals surface area contributed by atoms with E-state index in [2.05, 4.69) is 6.92 Å². The average molecular weight is 464 g/mol. The van der Waals surface area contributed by atoms with Gasteiger partial charge in [0.05, 0.1) is 25.2 Å². The number of amides is 1. The molecular weight excluding hydrogens is 426 g/mol. The van der Waals surface area contributed by atoms with Gasteiger partial charge in [0.25, 0.3) is 0 Å². The van der Waals surface area contributed by atoms with Crippen LogP contribution in [0.1, 0.15) is 41.0 Å². The Bertz CT molecular complexity index is 889. The Hall–Kier alpha value is -1.74. The average Bonchev–Trinajstić information content (AvgIpc) is 2.95. The zero-order valence-corrected chi connectivity index (χ0v) is 20.2. The van der Waals surface area contributed by atoms with Crippen molar-refractivity contribution in [1.82, 2.24) is 4.90 Å². The highest BCUT2D eigenvalue weighted by Crippen LogP contribution is 2.62. The van der Waals surface area contributed by atoms with Crippen LogP contribution in [-0.4, -0.2) is 82.8 Å². The van der Waals surface area contributed by atoms with Crippen molar-refractivity contribution in [2.75, 3.05) is 32.9 Å². The highest BCUT2D eigenvalue weighted by atomic mass is 16.6. The van der Waals surface area contributed by atoms with Crippen molar-refractivity contribution in [1.29, 1.82) is 0 Å². The molecular formula is C25H37NO7. The van der Waals surface area contributed by atoms with Gasteiger partial charge in [-0.3, -0.25) is 4.79 Å². The molecule has 4 aliphatic rings. The molecule has 3 aliphatic carbocycles. The Morgan fingerprint density at radius 3 is 2.48 bits per heavy atom. The van der Waals surface area contributed by atoms with Gasteiger partial charge in [0.2, 0.25) is 0 Å². The van der Waals surface area contributed by atoms with E-state index in [0.29, 0.717) is 38.3 Å². The third-order valence-electron chi connectivity index (χ3n) is 9.00. The molecule has 3 N–H and O–H groups in total. The highest BCUT2D eigenvalue weighted by Gasteiger charge is 2.73. The number of rotatable bonds is 2. The first-order valence-electron chi connectivity index (χ1n) is 11.9. The van der Waals surface area contributed by atoms with Gasteiger partial charge in [-0.2, -0.15) is 0 Å². The van der Waals surface area contributed by atoms with Gasteiger partial charge in [-0.25, -0.2) is 4.79 Å². The molecule has 0 aromatic heterocycles. The molecule has 184 valence electrons. The Balaban J connectivity index is 1.85. The summed E-state index contributed by atoms with van der Waals surface area (Å²) >= 11 is 0. The van der Waals surface area contributed by atoms with E-state index >= 15 is 0 Å². The molecule has 33 heavy (non-hydrogen) atoms. The highest BCUT2D eigenvalue weighted by molar-refractivity contribution is 5.95. The molecule has 1 spiro atoms. The maximum Gasteiger partial charge on any atom is 0.410 e. The number of ketones is 1. The lowest BCUT2D eigenvalue weighted by atomic mass is 9.59. The first-order chi connectivity index (χ1) is 15.4. The number of morpholine rings is 1. The van der Waals surface area contributed by atoms with Crippen LogP contribution < -0.4 is 0 Å². The summed E-state index contributed by atoms with van der Waals surface area (Å²) in [5.41, 5.74) is -3.32. The summed E-state index contributed by atoms with van der Waals surface area (Å²) in [6, 6.07) is 0. The van der Waals surface area contributed by atoms with Crippen LogP contribution in [0.15, 0.2) is 23.3 Å². The second kappa shape index (κ2) is 8.18. The first kappa shape index (κ1) is 24.4. The zero-order valence-electron chi connectivity index (χ0n) is 20.2. The lowest BCUT2D eigenvalue weighted by molar-refractivity contribution is -0.191. The number of hydrogen-bond acceptors (Lipinski definition) is 7. The Kier molecular flexibility index (Phi) is 6.05. The molecule has 1 saturated carbocycles. The lowest BCUT2D eigenvalue weighted by Gasteiger charge is -2.48. The van der Waals surface area contributed by atoms with Crippen LogP contribution in [0.4, 0.5) is 4.79 Å². The van der Waals surface area contributed by atoms with Crippen molar-refractivity contribution < 1.29 is 34.4 Å². The molecule has 1 aliphatic heterocycles. The van der Waals surface area contributed by atoms with Gasteiger partial charge in [-0.05, 0) is 41.7 Å². The smallest absolute Gasteiger partial charge is 0.410 e. The Labute approximate surface area is 195 Å². The second-order valence-corrected chi connectivity index (χ2v) is 10.9. The number of allylic oxidation sites excluding steroid dienone is 1. The minimum absolute atomic E-state index is 0.139. The fourth-order valence-corrected chi connectivity index (χ4v) is 6.58. The van der Waals surface area contributed by atoms with Crippen molar-refractivity contribution in [3.05, 3.63) is 23.3 Å². The summed E-state index contributed by atoms with van der Waals surface area (Å²) in [6.45, 7) is 10.8. The van der Waals surface area contributed by atoms with Crippen LogP contribution in [0.5, 0.6) is 0 Å². The molecule has 2 fully saturated rings. The van der Waals surface area contributed by atoms with E-state index in [1.165, 1.54) is 4.90 Å².